The van der Waals surface area contributed by atoms with Crippen LogP contribution in [0.3, 0.4) is 0 Å². The second-order valence-corrected chi connectivity index (χ2v) is 7.93. The molecule has 8 nitrogen and oxygen atoms in total. The highest BCUT2D eigenvalue weighted by Gasteiger charge is 2.34. The molecule has 1 fully saturated rings. The van der Waals surface area contributed by atoms with Crippen molar-refractivity contribution in [3.05, 3.63) is 36.3 Å². The summed E-state index contributed by atoms with van der Waals surface area (Å²) in [5, 5.41) is 10.2. The van der Waals surface area contributed by atoms with Crippen molar-refractivity contribution >= 4 is 46.2 Å². The molecular formula is C15H21Cl2N5O3S. The lowest BCUT2D eigenvalue weighted by Gasteiger charge is -2.17. The van der Waals surface area contributed by atoms with Crippen LogP contribution in [0.1, 0.15) is 11.5 Å². The number of anilines is 1. The lowest BCUT2D eigenvalue weighted by molar-refractivity contribution is -0.119. The first-order valence-corrected chi connectivity index (χ1v) is 9.40. The first-order valence-electron chi connectivity index (χ1n) is 7.51. The highest BCUT2D eigenvalue weighted by Crippen LogP contribution is 2.28. The smallest absolute Gasteiger partial charge is 0.229 e. The molecular weight excluding hydrogens is 401 g/mol. The number of sulfone groups is 1. The Labute approximate surface area is 164 Å². The van der Waals surface area contributed by atoms with Crippen LogP contribution in [0.2, 0.25) is 0 Å². The average molecular weight is 422 g/mol. The number of pyridine rings is 1. The van der Waals surface area contributed by atoms with Gasteiger partial charge in [-0.25, -0.2) is 13.4 Å². The van der Waals surface area contributed by atoms with E-state index in [1.54, 1.807) is 16.9 Å². The highest BCUT2D eigenvalue weighted by molar-refractivity contribution is 7.90. The molecule has 0 aromatic carbocycles. The molecule has 0 aliphatic carbocycles. The first kappa shape index (κ1) is 22.4. The van der Waals surface area contributed by atoms with Crippen molar-refractivity contribution in [3.8, 4) is 0 Å². The molecule has 2 atom stereocenters. The molecule has 2 aromatic heterocycles. The number of nitrogens with one attached hydrogen (secondary N) is 2. The molecule has 1 amide bonds. The van der Waals surface area contributed by atoms with Gasteiger partial charge in [0.1, 0.15) is 0 Å². The number of halogens is 2. The third-order valence-electron chi connectivity index (χ3n) is 4.09. The van der Waals surface area contributed by atoms with Crippen LogP contribution in [0.5, 0.6) is 0 Å². The van der Waals surface area contributed by atoms with Gasteiger partial charge < -0.3 is 10.6 Å². The molecule has 11 heteroatoms. The van der Waals surface area contributed by atoms with Gasteiger partial charge in [0.2, 0.25) is 5.91 Å². The number of rotatable bonds is 4. The third-order valence-corrected chi connectivity index (χ3v) is 5.09. The Morgan fingerprint density at radius 3 is 2.54 bits per heavy atom. The van der Waals surface area contributed by atoms with Crippen LogP contribution < -0.4 is 10.6 Å². The van der Waals surface area contributed by atoms with Gasteiger partial charge in [0.05, 0.1) is 24.0 Å². The van der Waals surface area contributed by atoms with E-state index < -0.39 is 9.84 Å². The van der Waals surface area contributed by atoms with Gasteiger partial charge >= 0.3 is 0 Å². The monoisotopic (exact) mass is 421 g/mol. The second-order valence-electron chi connectivity index (χ2n) is 5.97. The minimum Gasteiger partial charge on any atom is -0.324 e. The van der Waals surface area contributed by atoms with Gasteiger partial charge in [-0.15, -0.1) is 24.8 Å². The molecule has 2 aromatic rings. The van der Waals surface area contributed by atoms with Gasteiger partial charge in [-0.05, 0) is 17.7 Å². The number of amides is 1. The Balaban J connectivity index is 0.00000169. The van der Waals surface area contributed by atoms with Gasteiger partial charge in [0.15, 0.2) is 14.9 Å². The van der Waals surface area contributed by atoms with Crippen molar-refractivity contribution in [3.63, 3.8) is 0 Å². The van der Waals surface area contributed by atoms with E-state index in [2.05, 4.69) is 20.7 Å². The molecule has 3 heterocycles. The minimum absolute atomic E-state index is 0. The number of nitrogens with zero attached hydrogens (tertiary/aromatic N) is 3. The molecule has 0 bridgehead atoms. The Bertz CT molecular complexity index is 854. The standard InChI is InChI=1S/C15H19N5O3S.2ClH/c1-20-9-10(5-18-20)12-7-16-8-13(12)15(21)19-11-3-4-14(17-6-11)24(2,22)23;;/h3-6,9,12-13,16H,7-8H2,1-2H3,(H,19,21);2*1H/t12-,13+;;/m1../s1. The fraction of sp³-hybridized carbons (Fsp3) is 0.400. The van der Waals surface area contributed by atoms with Gasteiger partial charge in [-0.1, -0.05) is 0 Å². The molecule has 2 N–H and O–H groups in total. The molecule has 0 unspecified atom stereocenters. The van der Waals surface area contributed by atoms with E-state index >= 15 is 0 Å². The molecule has 0 radical (unpaired) electrons. The zero-order valence-electron chi connectivity index (χ0n) is 14.2. The molecule has 0 spiro atoms. The summed E-state index contributed by atoms with van der Waals surface area (Å²) < 4.78 is 24.5. The molecule has 1 aliphatic rings. The van der Waals surface area contributed by atoms with Crippen LogP contribution >= 0.6 is 24.8 Å². The topological polar surface area (TPSA) is 106 Å². The summed E-state index contributed by atoms with van der Waals surface area (Å²) in [6, 6.07) is 2.93. The molecule has 26 heavy (non-hydrogen) atoms. The fourth-order valence-electron chi connectivity index (χ4n) is 2.84. The number of carbonyl (C=O) groups is 1. The van der Waals surface area contributed by atoms with Gasteiger partial charge in [-0.2, -0.15) is 5.10 Å². The molecule has 0 saturated carbocycles. The van der Waals surface area contributed by atoms with Crippen LogP contribution in [-0.2, 0) is 21.7 Å². The van der Waals surface area contributed by atoms with E-state index in [9.17, 15) is 13.2 Å². The summed E-state index contributed by atoms with van der Waals surface area (Å²) in [5.74, 6) is -0.284. The largest absolute Gasteiger partial charge is 0.324 e. The van der Waals surface area contributed by atoms with E-state index in [4.69, 9.17) is 0 Å². The van der Waals surface area contributed by atoms with E-state index in [0.29, 0.717) is 12.2 Å². The average Bonchev–Trinajstić information content (AvgIpc) is 3.15. The summed E-state index contributed by atoms with van der Waals surface area (Å²) in [7, 11) is -1.51. The molecule has 1 aliphatic heterocycles. The Morgan fingerprint density at radius 1 is 1.27 bits per heavy atom. The number of aryl methyl sites for hydroxylation is 1. The predicted molar refractivity (Wildman–Crippen MR) is 103 cm³/mol. The highest BCUT2D eigenvalue weighted by atomic mass is 35.5. The maximum Gasteiger partial charge on any atom is 0.229 e. The summed E-state index contributed by atoms with van der Waals surface area (Å²) >= 11 is 0. The Hall–Kier alpha value is -1.68. The fourth-order valence-corrected chi connectivity index (χ4v) is 3.40. The zero-order chi connectivity index (χ0) is 17.3. The van der Waals surface area contributed by atoms with E-state index in [-0.39, 0.29) is 47.6 Å². The van der Waals surface area contributed by atoms with Crippen molar-refractivity contribution in [1.82, 2.24) is 20.1 Å². The minimum atomic E-state index is -3.35. The SMILES string of the molecule is Cl.Cl.Cn1cc([C@H]2CNC[C@@H]2C(=O)Nc2ccc(S(C)(=O)=O)nc2)cn1. The Morgan fingerprint density at radius 2 is 2.00 bits per heavy atom. The second kappa shape index (κ2) is 8.81. The molecule has 1 saturated heterocycles. The number of aromatic nitrogens is 3. The maximum absolute atomic E-state index is 12.6. The summed E-state index contributed by atoms with van der Waals surface area (Å²) in [6.07, 6.45) is 6.15. The van der Waals surface area contributed by atoms with Crippen LogP contribution in [0.4, 0.5) is 5.69 Å². The first-order chi connectivity index (χ1) is 11.3. The lowest BCUT2D eigenvalue weighted by Crippen LogP contribution is -2.28. The van der Waals surface area contributed by atoms with Crippen LogP contribution in [0, 0.1) is 5.92 Å². The van der Waals surface area contributed by atoms with E-state index in [1.807, 2.05) is 13.2 Å². The van der Waals surface area contributed by atoms with Crippen molar-refractivity contribution < 1.29 is 13.2 Å². The van der Waals surface area contributed by atoms with Crippen molar-refractivity contribution in [2.24, 2.45) is 13.0 Å². The van der Waals surface area contributed by atoms with Crippen molar-refractivity contribution in [2.45, 2.75) is 10.9 Å². The number of hydrogen-bond donors (Lipinski definition) is 2. The maximum atomic E-state index is 12.6. The van der Waals surface area contributed by atoms with Crippen LogP contribution in [-0.4, -0.2) is 48.4 Å². The normalized spacial score (nSPS) is 19.3. The van der Waals surface area contributed by atoms with Gasteiger partial charge in [0, 0.05) is 38.5 Å². The summed E-state index contributed by atoms with van der Waals surface area (Å²) in [6.45, 7) is 1.30. The third kappa shape index (κ3) is 4.94. The van der Waals surface area contributed by atoms with Crippen LogP contribution in [0.15, 0.2) is 35.7 Å². The van der Waals surface area contributed by atoms with Crippen LogP contribution in [0.25, 0.3) is 0 Å². The molecule has 3 rings (SSSR count). The summed E-state index contributed by atoms with van der Waals surface area (Å²) in [5.41, 5.74) is 1.50. The quantitative estimate of drug-likeness (QED) is 0.762. The number of hydrogen-bond acceptors (Lipinski definition) is 6. The van der Waals surface area contributed by atoms with Crippen molar-refractivity contribution in [2.75, 3.05) is 24.7 Å². The lowest BCUT2D eigenvalue weighted by atomic mass is 9.90. The van der Waals surface area contributed by atoms with Gasteiger partial charge in [-0.3, -0.25) is 9.48 Å². The van der Waals surface area contributed by atoms with E-state index in [0.717, 1.165) is 18.4 Å². The van der Waals surface area contributed by atoms with E-state index in [1.165, 1.54) is 12.3 Å². The summed E-state index contributed by atoms with van der Waals surface area (Å²) in [4.78, 5) is 16.4. The predicted octanol–water partition coefficient (Wildman–Crippen LogP) is 1.00. The van der Waals surface area contributed by atoms with Crippen molar-refractivity contribution in [1.29, 1.82) is 0 Å². The zero-order valence-corrected chi connectivity index (χ0v) is 16.7. The number of carbonyl (C=O) groups excluding carboxylic acids is 1. The Kier molecular flexibility index (Phi) is 7.57. The molecule has 144 valence electrons. The van der Waals surface area contributed by atoms with Gasteiger partial charge in [0.25, 0.3) is 0 Å².